The first-order valence-corrected chi connectivity index (χ1v) is 5.29. The third-order valence-electron chi connectivity index (χ3n) is 2.55. The van der Waals surface area contributed by atoms with E-state index in [1.54, 1.807) is 12.1 Å². The molecule has 2 heteroatoms. The van der Waals surface area contributed by atoms with Gasteiger partial charge in [0.15, 0.2) is 0 Å². The molecule has 0 saturated heterocycles. The largest absolute Gasteiger partial charge is 0.427 e. The van der Waals surface area contributed by atoms with Crippen LogP contribution < -0.4 is 4.74 Å². The van der Waals surface area contributed by atoms with Crippen LogP contribution in [0.2, 0.25) is 0 Å². The van der Waals surface area contributed by atoms with Crippen LogP contribution in [0, 0.1) is 5.41 Å². The maximum Gasteiger partial charge on any atom is 0.311 e. The molecule has 15 heavy (non-hydrogen) atoms. The predicted molar refractivity (Wildman–Crippen MR) is 60.8 cm³/mol. The molecule has 82 valence electrons. The molecule has 0 aliphatic carbocycles. The van der Waals surface area contributed by atoms with E-state index >= 15 is 0 Å². The lowest BCUT2D eigenvalue weighted by atomic mass is 9.87. The van der Waals surface area contributed by atoms with Crippen LogP contribution in [0.25, 0.3) is 0 Å². The Morgan fingerprint density at radius 1 is 1.27 bits per heavy atom. The lowest BCUT2D eigenvalue weighted by Crippen LogP contribution is -2.19. The van der Waals surface area contributed by atoms with Gasteiger partial charge in [-0.25, -0.2) is 0 Å². The molecule has 1 aromatic carbocycles. The molecular weight excluding hydrogens is 188 g/mol. The quantitative estimate of drug-likeness (QED) is 0.557. The van der Waals surface area contributed by atoms with E-state index in [2.05, 4.69) is 20.8 Å². The topological polar surface area (TPSA) is 26.3 Å². The van der Waals surface area contributed by atoms with E-state index in [0.29, 0.717) is 12.2 Å². The molecule has 0 N–H and O–H groups in total. The number of carbonyl (C=O) groups is 1. The maximum atomic E-state index is 11.6. The van der Waals surface area contributed by atoms with Crippen molar-refractivity contribution in [2.24, 2.45) is 5.41 Å². The maximum absolute atomic E-state index is 11.6. The summed E-state index contributed by atoms with van der Waals surface area (Å²) in [6.07, 6.45) is 1.43. The minimum Gasteiger partial charge on any atom is -0.427 e. The molecule has 0 aromatic heterocycles. The van der Waals surface area contributed by atoms with Crippen LogP contribution in [-0.4, -0.2) is 5.97 Å². The van der Waals surface area contributed by atoms with Crippen molar-refractivity contribution in [3.8, 4) is 5.75 Å². The lowest BCUT2D eigenvalue weighted by Gasteiger charge is -2.20. The summed E-state index contributed by atoms with van der Waals surface area (Å²) in [6, 6.07) is 9.18. The van der Waals surface area contributed by atoms with Gasteiger partial charge in [0.05, 0.1) is 6.42 Å². The first kappa shape index (κ1) is 11.8. The van der Waals surface area contributed by atoms with Crippen LogP contribution in [0.5, 0.6) is 5.75 Å². The summed E-state index contributed by atoms with van der Waals surface area (Å²) in [4.78, 5) is 11.6. The molecule has 0 radical (unpaired) electrons. The molecule has 2 nitrogen and oxygen atoms in total. The number of ether oxygens (including phenoxy) is 1. The van der Waals surface area contributed by atoms with Gasteiger partial charge < -0.3 is 4.74 Å². The van der Waals surface area contributed by atoms with Crippen LogP contribution >= 0.6 is 0 Å². The van der Waals surface area contributed by atoms with Crippen molar-refractivity contribution in [3.63, 3.8) is 0 Å². The Kier molecular flexibility index (Phi) is 3.89. The molecule has 0 fully saturated rings. The van der Waals surface area contributed by atoms with Gasteiger partial charge in [0, 0.05) is 0 Å². The number of esters is 1. The number of para-hydroxylation sites is 1. The van der Waals surface area contributed by atoms with Gasteiger partial charge in [0.25, 0.3) is 0 Å². The zero-order valence-corrected chi connectivity index (χ0v) is 9.62. The standard InChI is InChI=1S/C13H18O2/c1-4-13(2,3)10-12(14)15-11-8-6-5-7-9-11/h5-9H,4,10H2,1-3H3. The lowest BCUT2D eigenvalue weighted by molar-refractivity contribution is -0.136. The molecular formula is C13H18O2. The second-order valence-corrected chi connectivity index (χ2v) is 4.48. The predicted octanol–water partition coefficient (Wildman–Crippen LogP) is 3.42. The highest BCUT2D eigenvalue weighted by Crippen LogP contribution is 2.25. The van der Waals surface area contributed by atoms with Gasteiger partial charge in [-0.05, 0) is 17.5 Å². The summed E-state index contributed by atoms with van der Waals surface area (Å²) in [5.41, 5.74) is 0.0197. The molecule has 0 unspecified atom stereocenters. The molecule has 1 rings (SSSR count). The van der Waals surface area contributed by atoms with Crippen molar-refractivity contribution in [3.05, 3.63) is 30.3 Å². The molecule has 0 amide bonds. The fourth-order valence-electron chi connectivity index (χ4n) is 1.17. The molecule has 0 bridgehead atoms. The third-order valence-corrected chi connectivity index (χ3v) is 2.55. The van der Waals surface area contributed by atoms with E-state index in [9.17, 15) is 4.79 Å². The van der Waals surface area contributed by atoms with Crippen LogP contribution in [0.3, 0.4) is 0 Å². The van der Waals surface area contributed by atoms with Crippen molar-refractivity contribution in [1.82, 2.24) is 0 Å². The minimum absolute atomic E-state index is 0.0197. The van der Waals surface area contributed by atoms with E-state index in [1.807, 2.05) is 18.2 Å². The third kappa shape index (κ3) is 4.15. The highest BCUT2D eigenvalue weighted by atomic mass is 16.5. The number of rotatable bonds is 4. The fraction of sp³-hybridized carbons (Fsp3) is 0.462. The monoisotopic (exact) mass is 206 g/mol. The van der Waals surface area contributed by atoms with Crippen LogP contribution in [0.4, 0.5) is 0 Å². The zero-order valence-electron chi connectivity index (χ0n) is 9.62. The average molecular weight is 206 g/mol. The van der Waals surface area contributed by atoms with Gasteiger partial charge >= 0.3 is 5.97 Å². The van der Waals surface area contributed by atoms with E-state index < -0.39 is 0 Å². The van der Waals surface area contributed by atoms with Gasteiger partial charge in [-0.3, -0.25) is 4.79 Å². The summed E-state index contributed by atoms with van der Waals surface area (Å²) in [5.74, 6) is 0.461. The molecule has 0 aliphatic heterocycles. The Bertz CT molecular complexity index is 315. The number of carbonyl (C=O) groups excluding carboxylic acids is 1. The second kappa shape index (κ2) is 4.96. The molecule has 1 aromatic rings. The summed E-state index contributed by atoms with van der Waals surface area (Å²) in [6.45, 7) is 6.22. The first-order valence-electron chi connectivity index (χ1n) is 5.29. The Labute approximate surface area is 91.3 Å². The number of hydrogen-bond donors (Lipinski definition) is 0. The van der Waals surface area contributed by atoms with E-state index in [0.717, 1.165) is 6.42 Å². The fourth-order valence-corrected chi connectivity index (χ4v) is 1.17. The number of hydrogen-bond acceptors (Lipinski definition) is 2. The Hall–Kier alpha value is -1.31. The van der Waals surface area contributed by atoms with Crippen LogP contribution in [0.15, 0.2) is 30.3 Å². The normalized spacial score (nSPS) is 11.1. The van der Waals surface area contributed by atoms with Gasteiger partial charge in [0.2, 0.25) is 0 Å². The van der Waals surface area contributed by atoms with Gasteiger partial charge in [-0.2, -0.15) is 0 Å². The molecule has 0 spiro atoms. The smallest absolute Gasteiger partial charge is 0.311 e. The van der Waals surface area contributed by atoms with Crippen molar-refractivity contribution >= 4 is 5.97 Å². The molecule has 0 atom stereocenters. The van der Waals surface area contributed by atoms with Gasteiger partial charge in [-0.15, -0.1) is 0 Å². The van der Waals surface area contributed by atoms with Crippen molar-refractivity contribution in [1.29, 1.82) is 0 Å². The minimum atomic E-state index is -0.159. The summed E-state index contributed by atoms with van der Waals surface area (Å²) < 4.78 is 5.21. The summed E-state index contributed by atoms with van der Waals surface area (Å²) in [5, 5.41) is 0. The van der Waals surface area contributed by atoms with Gasteiger partial charge in [-0.1, -0.05) is 45.4 Å². The van der Waals surface area contributed by atoms with Gasteiger partial charge in [0.1, 0.15) is 5.75 Å². The number of benzene rings is 1. The van der Waals surface area contributed by atoms with E-state index in [4.69, 9.17) is 4.74 Å². The molecule has 0 aliphatic rings. The SMILES string of the molecule is CCC(C)(C)CC(=O)Oc1ccccc1. The van der Waals surface area contributed by atoms with Crippen molar-refractivity contribution in [2.45, 2.75) is 33.6 Å². The summed E-state index contributed by atoms with van der Waals surface area (Å²) in [7, 11) is 0. The van der Waals surface area contributed by atoms with Crippen LogP contribution in [0.1, 0.15) is 33.6 Å². The Balaban J connectivity index is 2.51. The molecule has 0 saturated carbocycles. The second-order valence-electron chi connectivity index (χ2n) is 4.48. The van der Waals surface area contributed by atoms with Crippen molar-refractivity contribution < 1.29 is 9.53 Å². The van der Waals surface area contributed by atoms with Crippen molar-refractivity contribution in [2.75, 3.05) is 0 Å². The Morgan fingerprint density at radius 2 is 1.87 bits per heavy atom. The molecule has 0 heterocycles. The van der Waals surface area contributed by atoms with E-state index in [-0.39, 0.29) is 11.4 Å². The first-order chi connectivity index (χ1) is 7.03. The average Bonchev–Trinajstić information content (AvgIpc) is 2.18. The van der Waals surface area contributed by atoms with Crippen LogP contribution in [-0.2, 0) is 4.79 Å². The Morgan fingerprint density at radius 3 is 2.40 bits per heavy atom. The zero-order chi connectivity index (χ0) is 11.3. The highest BCUT2D eigenvalue weighted by molar-refractivity contribution is 5.73. The summed E-state index contributed by atoms with van der Waals surface area (Å²) >= 11 is 0. The highest BCUT2D eigenvalue weighted by Gasteiger charge is 2.20. The van der Waals surface area contributed by atoms with E-state index in [1.165, 1.54) is 0 Å².